The predicted octanol–water partition coefficient (Wildman–Crippen LogP) is 1.60. The van der Waals surface area contributed by atoms with Crippen LogP contribution in [0, 0.1) is 13.8 Å². The highest BCUT2D eigenvalue weighted by Gasteiger charge is 2.19. The first-order valence-corrected chi connectivity index (χ1v) is 6.89. The number of hydrogen-bond donors (Lipinski definition) is 1. The van der Waals surface area contributed by atoms with E-state index in [2.05, 4.69) is 4.98 Å². The average molecular weight is 242 g/mol. The Morgan fingerprint density at radius 2 is 1.94 bits per heavy atom. The van der Waals surface area contributed by atoms with Crippen molar-refractivity contribution < 1.29 is 8.42 Å². The number of aryl methyl sites for hydroxylation is 1. The molecule has 90 valence electrons. The van der Waals surface area contributed by atoms with Crippen LogP contribution in [0.3, 0.4) is 0 Å². The monoisotopic (exact) mass is 242 g/mol. The Balaban J connectivity index is 3.14. The fourth-order valence-electron chi connectivity index (χ4n) is 1.30. The summed E-state index contributed by atoms with van der Waals surface area (Å²) in [6, 6.07) is 0. The molecule has 0 saturated carbocycles. The minimum atomic E-state index is -3.12. The number of hydrogen-bond acceptors (Lipinski definition) is 4. The molecule has 0 fully saturated rings. The molecule has 0 atom stereocenters. The van der Waals surface area contributed by atoms with Crippen LogP contribution in [0.5, 0.6) is 0 Å². The minimum absolute atomic E-state index is 0.0407. The lowest BCUT2D eigenvalue weighted by molar-refractivity contribution is 0.585. The Morgan fingerprint density at radius 3 is 2.44 bits per heavy atom. The number of anilines is 1. The van der Waals surface area contributed by atoms with E-state index in [4.69, 9.17) is 5.73 Å². The van der Waals surface area contributed by atoms with Gasteiger partial charge in [0.25, 0.3) is 0 Å². The van der Waals surface area contributed by atoms with Crippen molar-refractivity contribution in [3.8, 4) is 0 Å². The van der Waals surface area contributed by atoms with Gasteiger partial charge >= 0.3 is 0 Å². The highest BCUT2D eigenvalue weighted by molar-refractivity contribution is 7.91. The van der Waals surface area contributed by atoms with Gasteiger partial charge in [0.05, 0.1) is 16.7 Å². The molecule has 1 rings (SSSR count). The first-order chi connectivity index (χ1) is 7.25. The number of aromatic nitrogens is 1. The fraction of sp³-hybridized carbons (Fsp3) is 0.545. The van der Waals surface area contributed by atoms with E-state index in [0.717, 1.165) is 11.1 Å². The third-order valence-electron chi connectivity index (χ3n) is 2.73. The van der Waals surface area contributed by atoms with Gasteiger partial charge < -0.3 is 5.73 Å². The van der Waals surface area contributed by atoms with Gasteiger partial charge in [-0.25, -0.2) is 8.42 Å². The first-order valence-electron chi connectivity index (χ1n) is 5.18. The van der Waals surface area contributed by atoms with Crippen molar-refractivity contribution >= 4 is 15.5 Å². The summed E-state index contributed by atoms with van der Waals surface area (Å²) in [5.74, 6) is -0.0407. The Labute approximate surface area is 96.8 Å². The lowest BCUT2D eigenvalue weighted by Gasteiger charge is -2.11. The second kappa shape index (κ2) is 4.41. The zero-order chi connectivity index (χ0) is 12.5. The van der Waals surface area contributed by atoms with Crippen molar-refractivity contribution in [2.24, 2.45) is 0 Å². The molecule has 0 aliphatic rings. The van der Waals surface area contributed by atoms with Crippen molar-refractivity contribution in [1.29, 1.82) is 0 Å². The molecule has 1 aromatic rings. The van der Waals surface area contributed by atoms with Crippen molar-refractivity contribution in [3.63, 3.8) is 0 Å². The molecule has 4 nitrogen and oxygen atoms in total. The van der Waals surface area contributed by atoms with Crippen LogP contribution in [0.15, 0.2) is 6.20 Å². The predicted molar refractivity (Wildman–Crippen MR) is 65.9 cm³/mol. The van der Waals surface area contributed by atoms with Crippen LogP contribution in [-0.4, -0.2) is 18.7 Å². The third-order valence-corrected chi connectivity index (χ3v) is 4.84. The maximum atomic E-state index is 11.8. The van der Waals surface area contributed by atoms with Crippen LogP contribution < -0.4 is 5.73 Å². The molecule has 0 spiro atoms. The van der Waals surface area contributed by atoms with E-state index in [-0.39, 0.29) is 5.75 Å². The van der Waals surface area contributed by atoms with Gasteiger partial charge in [-0.05, 0) is 38.8 Å². The normalized spacial score (nSPS) is 12.1. The Bertz CT molecular complexity index is 493. The summed E-state index contributed by atoms with van der Waals surface area (Å²) in [7, 11) is -3.12. The number of nitrogens with zero attached hydrogens (tertiary/aromatic N) is 1. The van der Waals surface area contributed by atoms with Crippen LogP contribution in [0.4, 0.5) is 5.69 Å². The number of sulfone groups is 1. The molecule has 0 radical (unpaired) electrons. The summed E-state index contributed by atoms with van der Waals surface area (Å²) >= 11 is 0. The Morgan fingerprint density at radius 1 is 1.38 bits per heavy atom. The van der Waals surface area contributed by atoms with Crippen molar-refractivity contribution in [2.45, 2.75) is 38.7 Å². The first kappa shape index (κ1) is 13.0. The third kappa shape index (κ3) is 2.52. The summed E-state index contributed by atoms with van der Waals surface area (Å²) in [6.07, 6.45) is 1.62. The Hall–Kier alpha value is -1.10. The molecule has 0 aliphatic heterocycles. The molecule has 0 unspecified atom stereocenters. The molecule has 2 N–H and O–H groups in total. The van der Waals surface area contributed by atoms with Crippen molar-refractivity contribution in [3.05, 3.63) is 23.0 Å². The van der Waals surface area contributed by atoms with E-state index in [1.54, 1.807) is 27.0 Å². The van der Waals surface area contributed by atoms with E-state index in [9.17, 15) is 8.42 Å². The van der Waals surface area contributed by atoms with Crippen LogP contribution >= 0.6 is 0 Å². The number of nitrogens with two attached hydrogens (primary N) is 1. The van der Waals surface area contributed by atoms with Crippen LogP contribution in [0.2, 0.25) is 0 Å². The van der Waals surface area contributed by atoms with Crippen molar-refractivity contribution in [2.75, 3.05) is 5.73 Å². The maximum Gasteiger partial charge on any atom is 0.158 e. The van der Waals surface area contributed by atoms with Gasteiger partial charge in [-0.2, -0.15) is 0 Å². The smallest absolute Gasteiger partial charge is 0.158 e. The molecular formula is C11H18N2O2S. The topological polar surface area (TPSA) is 73.0 Å². The highest BCUT2D eigenvalue weighted by Crippen LogP contribution is 2.20. The molecule has 5 heteroatoms. The van der Waals surface area contributed by atoms with E-state index in [0.29, 0.717) is 11.4 Å². The second-order valence-corrected chi connectivity index (χ2v) is 6.84. The summed E-state index contributed by atoms with van der Waals surface area (Å²) < 4.78 is 23.5. The lowest BCUT2D eigenvalue weighted by atomic mass is 10.1. The quantitative estimate of drug-likeness (QED) is 0.873. The molecular weight excluding hydrogens is 224 g/mol. The fourth-order valence-corrected chi connectivity index (χ4v) is 2.30. The standard InChI is InChI=1S/C11H18N2O2S/c1-7(2)16(14,15)6-10-9(4)11(12)8(3)5-13-10/h5,7H,6H2,1-4H3,(H2,12,13). The molecule has 0 aromatic carbocycles. The van der Waals surface area contributed by atoms with E-state index in [1.807, 2.05) is 6.92 Å². The molecule has 1 heterocycles. The average Bonchev–Trinajstić information content (AvgIpc) is 2.19. The lowest BCUT2D eigenvalue weighted by Crippen LogP contribution is -2.18. The van der Waals surface area contributed by atoms with Crippen LogP contribution in [0.25, 0.3) is 0 Å². The molecule has 0 amide bonds. The van der Waals surface area contributed by atoms with Gasteiger partial charge in [0.15, 0.2) is 9.84 Å². The largest absolute Gasteiger partial charge is 0.398 e. The summed E-state index contributed by atoms with van der Waals surface area (Å²) in [5, 5.41) is -0.392. The zero-order valence-electron chi connectivity index (χ0n) is 10.1. The zero-order valence-corrected chi connectivity index (χ0v) is 10.9. The Kier molecular flexibility index (Phi) is 3.57. The molecule has 0 aliphatic carbocycles. The second-order valence-electron chi connectivity index (χ2n) is 4.28. The summed E-state index contributed by atoms with van der Waals surface area (Å²) in [6.45, 7) is 7.00. The van der Waals surface area contributed by atoms with Crippen LogP contribution in [-0.2, 0) is 15.6 Å². The van der Waals surface area contributed by atoms with E-state index in [1.165, 1.54) is 0 Å². The van der Waals surface area contributed by atoms with E-state index < -0.39 is 15.1 Å². The molecule has 0 saturated heterocycles. The van der Waals surface area contributed by atoms with Gasteiger partial charge in [0.1, 0.15) is 0 Å². The van der Waals surface area contributed by atoms with Gasteiger partial charge in [0, 0.05) is 11.9 Å². The number of rotatable bonds is 3. The van der Waals surface area contributed by atoms with Crippen molar-refractivity contribution in [1.82, 2.24) is 4.98 Å². The minimum Gasteiger partial charge on any atom is -0.398 e. The van der Waals surface area contributed by atoms with Gasteiger partial charge in [-0.3, -0.25) is 4.98 Å². The van der Waals surface area contributed by atoms with Gasteiger partial charge in [-0.15, -0.1) is 0 Å². The van der Waals surface area contributed by atoms with Crippen LogP contribution in [0.1, 0.15) is 30.7 Å². The maximum absolute atomic E-state index is 11.8. The van der Waals surface area contributed by atoms with E-state index >= 15 is 0 Å². The number of nitrogen functional groups attached to an aromatic ring is 1. The highest BCUT2D eigenvalue weighted by atomic mass is 32.2. The van der Waals surface area contributed by atoms with Gasteiger partial charge in [0.2, 0.25) is 0 Å². The molecule has 1 aromatic heterocycles. The van der Waals surface area contributed by atoms with Gasteiger partial charge in [-0.1, -0.05) is 0 Å². The molecule has 0 bridgehead atoms. The molecule has 16 heavy (non-hydrogen) atoms. The summed E-state index contributed by atoms with van der Waals surface area (Å²) in [4.78, 5) is 4.15. The SMILES string of the molecule is Cc1cnc(CS(=O)(=O)C(C)C)c(C)c1N. The summed E-state index contributed by atoms with van der Waals surface area (Å²) in [5.41, 5.74) is 8.67. The number of pyridine rings is 1.